The number of rotatable bonds is 14. The topological polar surface area (TPSA) is 171 Å². The van der Waals surface area contributed by atoms with Crippen LogP contribution in [0.2, 0.25) is 0 Å². The summed E-state index contributed by atoms with van der Waals surface area (Å²) in [6, 6.07) is 2.40. The fourth-order valence-electron chi connectivity index (χ4n) is 3.67. The van der Waals surface area contributed by atoms with Crippen LogP contribution in [0.25, 0.3) is 0 Å². The number of carboxylic acid groups (broad SMARTS) is 1. The van der Waals surface area contributed by atoms with Gasteiger partial charge in [0.2, 0.25) is 17.7 Å². The number of carbonyl (C=O) groups excluding carboxylic acids is 3. The standard InChI is InChI=1S/C26H42N4O6/c1-7-16(6)22(25(34)28-20(26(35)36)12-14(2)3)30-24(33)21(15(4)5)29-23(32)19(27)13-17-8-10-18(31)11-9-17/h8-11,14-16,19-22,31H,7,12-13,27H2,1-6H3,(H,28,34)(H,29,32)(H,30,33)(H,35,36). The van der Waals surface area contributed by atoms with Crippen molar-refractivity contribution in [3.63, 3.8) is 0 Å². The molecule has 36 heavy (non-hydrogen) atoms. The number of nitrogens with one attached hydrogen (secondary N) is 3. The van der Waals surface area contributed by atoms with E-state index in [4.69, 9.17) is 5.73 Å². The van der Waals surface area contributed by atoms with Gasteiger partial charge in [-0.1, -0.05) is 60.1 Å². The Labute approximate surface area is 213 Å². The lowest BCUT2D eigenvalue weighted by Gasteiger charge is -2.29. The lowest BCUT2D eigenvalue weighted by molar-refractivity contribution is -0.143. The number of carboxylic acids is 1. The van der Waals surface area contributed by atoms with Crippen molar-refractivity contribution in [2.45, 2.75) is 85.0 Å². The van der Waals surface area contributed by atoms with Gasteiger partial charge in [-0.25, -0.2) is 4.79 Å². The Hall–Kier alpha value is -3.14. The molecule has 0 heterocycles. The Morgan fingerprint density at radius 1 is 0.861 bits per heavy atom. The minimum absolute atomic E-state index is 0.0503. The van der Waals surface area contributed by atoms with Gasteiger partial charge in [-0.05, 0) is 48.3 Å². The summed E-state index contributed by atoms with van der Waals surface area (Å²) < 4.78 is 0. The molecule has 5 atom stereocenters. The summed E-state index contributed by atoms with van der Waals surface area (Å²) in [6.45, 7) is 10.9. The number of aromatic hydroxyl groups is 1. The van der Waals surface area contributed by atoms with Crippen LogP contribution in [0.5, 0.6) is 5.75 Å². The van der Waals surface area contributed by atoms with E-state index in [2.05, 4.69) is 16.0 Å². The second-order valence-corrected chi connectivity index (χ2v) is 10.1. The van der Waals surface area contributed by atoms with Crippen LogP contribution in [-0.2, 0) is 25.6 Å². The van der Waals surface area contributed by atoms with E-state index in [1.807, 2.05) is 20.8 Å². The summed E-state index contributed by atoms with van der Waals surface area (Å²) in [7, 11) is 0. The van der Waals surface area contributed by atoms with Crippen LogP contribution in [0, 0.1) is 17.8 Å². The fourth-order valence-corrected chi connectivity index (χ4v) is 3.67. The summed E-state index contributed by atoms with van der Waals surface area (Å²) in [4.78, 5) is 50.6. The highest BCUT2D eigenvalue weighted by Crippen LogP contribution is 2.13. The van der Waals surface area contributed by atoms with E-state index in [9.17, 15) is 29.4 Å². The highest BCUT2D eigenvalue weighted by molar-refractivity contribution is 5.94. The molecular weight excluding hydrogens is 464 g/mol. The normalized spacial score (nSPS) is 15.5. The van der Waals surface area contributed by atoms with E-state index in [-0.39, 0.29) is 36.3 Å². The van der Waals surface area contributed by atoms with E-state index in [1.54, 1.807) is 32.9 Å². The molecule has 0 saturated heterocycles. The van der Waals surface area contributed by atoms with Gasteiger partial charge in [-0.2, -0.15) is 0 Å². The highest BCUT2D eigenvalue weighted by Gasteiger charge is 2.34. The van der Waals surface area contributed by atoms with Gasteiger partial charge in [0.25, 0.3) is 0 Å². The van der Waals surface area contributed by atoms with Crippen molar-refractivity contribution >= 4 is 23.7 Å². The van der Waals surface area contributed by atoms with Crippen LogP contribution in [0.1, 0.15) is 59.9 Å². The first-order chi connectivity index (χ1) is 16.8. The zero-order chi connectivity index (χ0) is 27.6. The summed E-state index contributed by atoms with van der Waals surface area (Å²) in [5.74, 6) is -3.21. The maximum absolute atomic E-state index is 13.2. The molecule has 0 radical (unpaired) electrons. The van der Waals surface area contributed by atoms with E-state index < -0.39 is 47.9 Å². The molecule has 202 valence electrons. The zero-order valence-corrected chi connectivity index (χ0v) is 22.1. The molecule has 1 aromatic carbocycles. The van der Waals surface area contributed by atoms with E-state index >= 15 is 0 Å². The first-order valence-corrected chi connectivity index (χ1v) is 12.4. The molecule has 10 nitrogen and oxygen atoms in total. The average molecular weight is 507 g/mol. The van der Waals surface area contributed by atoms with Crippen LogP contribution >= 0.6 is 0 Å². The Morgan fingerprint density at radius 3 is 1.86 bits per heavy atom. The smallest absolute Gasteiger partial charge is 0.326 e. The second-order valence-electron chi connectivity index (χ2n) is 10.1. The predicted octanol–water partition coefficient (Wildman–Crippen LogP) is 1.55. The van der Waals surface area contributed by atoms with Gasteiger partial charge in [0.05, 0.1) is 6.04 Å². The van der Waals surface area contributed by atoms with Gasteiger partial charge < -0.3 is 31.9 Å². The Kier molecular flexibility index (Phi) is 12.4. The molecule has 0 aliphatic carbocycles. The highest BCUT2D eigenvalue weighted by atomic mass is 16.4. The predicted molar refractivity (Wildman–Crippen MR) is 137 cm³/mol. The quantitative estimate of drug-likeness (QED) is 0.222. The van der Waals surface area contributed by atoms with Gasteiger partial charge in [0, 0.05) is 0 Å². The van der Waals surface area contributed by atoms with Crippen LogP contribution < -0.4 is 21.7 Å². The van der Waals surface area contributed by atoms with Crippen LogP contribution in [0.4, 0.5) is 0 Å². The van der Waals surface area contributed by atoms with Crippen molar-refractivity contribution in [3.05, 3.63) is 29.8 Å². The minimum atomic E-state index is -1.14. The van der Waals surface area contributed by atoms with Crippen molar-refractivity contribution in [1.29, 1.82) is 0 Å². The summed E-state index contributed by atoms with van der Waals surface area (Å²) in [5.41, 5.74) is 6.81. The SMILES string of the molecule is CCC(C)C(NC(=O)C(NC(=O)C(N)Cc1ccc(O)cc1)C(C)C)C(=O)NC(CC(C)C)C(=O)O. The number of nitrogens with two attached hydrogens (primary N) is 1. The number of phenolic OH excluding ortho intramolecular Hbond substituents is 1. The van der Waals surface area contributed by atoms with Gasteiger partial charge in [0.1, 0.15) is 23.9 Å². The molecule has 7 N–H and O–H groups in total. The monoisotopic (exact) mass is 506 g/mol. The largest absolute Gasteiger partial charge is 0.508 e. The Balaban J connectivity index is 2.95. The van der Waals surface area contributed by atoms with Gasteiger partial charge in [0.15, 0.2) is 0 Å². The number of hydrogen-bond acceptors (Lipinski definition) is 6. The number of phenols is 1. The van der Waals surface area contributed by atoms with Crippen LogP contribution in [0.15, 0.2) is 24.3 Å². The number of carbonyl (C=O) groups is 4. The van der Waals surface area contributed by atoms with E-state index in [1.165, 1.54) is 12.1 Å². The van der Waals surface area contributed by atoms with Gasteiger partial charge in [-0.3, -0.25) is 14.4 Å². The summed E-state index contributed by atoms with van der Waals surface area (Å²) in [5, 5.41) is 26.8. The second kappa shape index (κ2) is 14.4. The molecular formula is C26H42N4O6. The number of hydrogen-bond donors (Lipinski definition) is 6. The number of amides is 3. The van der Waals surface area contributed by atoms with Crippen molar-refractivity contribution in [2.24, 2.45) is 23.5 Å². The van der Waals surface area contributed by atoms with Crippen molar-refractivity contribution in [1.82, 2.24) is 16.0 Å². The Morgan fingerprint density at radius 2 is 1.39 bits per heavy atom. The average Bonchev–Trinajstić information content (AvgIpc) is 2.80. The number of benzene rings is 1. The van der Waals surface area contributed by atoms with Crippen LogP contribution in [0.3, 0.4) is 0 Å². The minimum Gasteiger partial charge on any atom is -0.508 e. The first kappa shape index (κ1) is 30.9. The molecule has 5 unspecified atom stereocenters. The molecule has 0 spiro atoms. The molecule has 0 bridgehead atoms. The lowest BCUT2D eigenvalue weighted by Crippen LogP contribution is -2.60. The van der Waals surface area contributed by atoms with Crippen molar-refractivity contribution in [3.8, 4) is 5.75 Å². The molecule has 0 aromatic heterocycles. The Bertz CT molecular complexity index is 887. The molecule has 1 aromatic rings. The van der Waals surface area contributed by atoms with Gasteiger partial charge >= 0.3 is 5.97 Å². The third-order valence-corrected chi connectivity index (χ3v) is 6.09. The summed E-state index contributed by atoms with van der Waals surface area (Å²) >= 11 is 0. The first-order valence-electron chi connectivity index (χ1n) is 12.4. The van der Waals surface area contributed by atoms with Gasteiger partial charge in [-0.15, -0.1) is 0 Å². The lowest BCUT2D eigenvalue weighted by atomic mass is 9.95. The molecule has 3 amide bonds. The fraction of sp³-hybridized carbons (Fsp3) is 0.615. The molecule has 0 aliphatic heterocycles. The maximum atomic E-state index is 13.2. The van der Waals surface area contributed by atoms with E-state index in [0.717, 1.165) is 5.56 Å². The zero-order valence-electron chi connectivity index (χ0n) is 22.1. The third-order valence-electron chi connectivity index (χ3n) is 6.09. The molecule has 0 fully saturated rings. The summed E-state index contributed by atoms with van der Waals surface area (Å²) in [6.07, 6.45) is 1.03. The maximum Gasteiger partial charge on any atom is 0.326 e. The third kappa shape index (κ3) is 9.85. The molecule has 0 saturated carbocycles. The molecule has 1 rings (SSSR count). The van der Waals surface area contributed by atoms with Crippen molar-refractivity contribution in [2.75, 3.05) is 0 Å². The molecule has 0 aliphatic rings. The number of aliphatic carboxylic acids is 1. The molecule has 10 heteroatoms. The van der Waals surface area contributed by atoms with Crippen LogP contribution in [-0.4, -0.2) is 58.1 Å². The van der Waals surface area contributed by atoms with Crippen molar-refractivity contribution < 1.29 is 29.4 Å². The van der Waals surface area contributed by atoms with E-state index in [0.29, 0.717) is 6.42 Å².